The zero-order valence-electron chi connectivity index (χ0n) is 20.8. The van der Waals surface area contributed by atoms with E-state index in [0.717, 1.165) is 31.4 Å². The van der Waals surface area contributed by atoms with Crippen molar-refractivity contribution in [2.24, 2.45) is 0 Å². The number of hydrogen-bond acceptors (Lipinski definition) is 6. The molecule has 0 bridgehead atoms. The Bertz CT molecular complexity index is 898. The predicted octanol–water partition coefficient (Wildman–Crippen LogP) is 8.30. The van der Waals surface area contributed by atoms with Gasteiger partial charge < -0.3 is 10.6 Å². The minimum atomic E-state index is -0.866. The summed E-state index contributed by atoms with van der Waals surface area (Å²) >= 11 is 0. The predicted molar refractivity (Wildman–Crippen MR) is 137 cm³/mol. The van der Waals surface area contributed by atoms with Crippen LogP contribution in [0.2, 0.25) is 0 Å². The van der Waals surface area contributed by atoms with Gasteiger partial charge in [-0.2, -0.15) is 0 Å². The molecule has 1 heterocycles. The van der Waals surface area contributed by atoms with Crippen LogP contribution in [0.3, 0.4) is 0 Å². The highest BCUT2D eigenvalue weighted by Gasteiger charge is 2.23. The molecule has 0 aliphatic rings. The maximum absolute atomic E-state index is 13.9. The molecule has 1 aromatic carbocycles. The Morgan fingerprint density at radius 1 is 0.829 bits per heavy atom. The highest BCUT2D eigenvalue weighted by molar-refractivity contribution is 5.73. The molecule has 0 fully saturated rings. The molecule has 0 aliphatic heterocycles. The molecule has 0 saturated heterocycles. The quantitative estimate of drug-likeness (QED) is 0.117. The van der Waals surface area contributed by atoms with E-state index in [1.807, 2.05) is 0 Å². The molecule has 9 heteroatoms. The molecule has 194 valence electrons. The average molecular weight is 492 g/mol. The summed E-state index contributed by atoms with van der Waals surface area (Å²) < 4.78 is 27.1. The van der Waals surface area contributed by atoms with Gasteiger partial charge in [0.15, 0.2) is 0 Å². The summed E-state index contributed by atoms with van der Waals surface area (Å²) in [6.07, 6.45) is 18.8. The molecule has 0 radical (unpaired) electrons. The van der Waals surface area contributed by atoms with Crippen LogP contribution >= 0.6 is 0 Å². The third-order valence-electron chi connectivity index (χ3n) is 6.01. The number of aromatic nitrogens is 2. The Kier molecular flexibility index (Phi) is 13.6. The summed E-state index contributed by atoms with van der Waals surface area (Å²) in [5.74, 6) is -1.68. The summed E-state index contributed by atoms with van der Waals surface area (Å²) in [5, 5.41) is 17.2. The van der Waals surface area contributed by atoms with Gasteiger partial charge in [-0.15, -0.1) is 0 Å². The number of hydrogen-bond donors (Lipinski definition) is 2. The molecule has 0 amide bonds. The molecular weight excluding hydrogens is 452 g/mol. The van der Waals surface area contributed by atoms with Crippen molar-refractivity contribution in [2.45, 2.75) is 96.8 Å². The second kappa shape index (κ2) is 16.7. The van der Waals surface area contributed by atoms with Crippen molar-refractivity contribution < 1.29 is 13.7 Å². The maximum atomic E-state index is 13.9. The van der Waals surface area contributed by atoms with Gasteiger partial charge in [-0.3, -0.25) is 10.1 Å². The number of benzene rings is 1. The minimum absolute atomic E-state index is 0.0738. The number of unbranched alkanes of at least 4 members (excludes halogenated alkanes) is 13. The van der Waals surface area contributed by atoms with Gasteiger partial charge in [-0.05, 0) is 18.6 Å². The molecule has 0 unspecified atom stereocenters. The first-order chi connectivity index (χ1) is 17.0. The molecule has 2 N–H and O–H groups in total. The third-order valence-corrected chi connectivity index (χ3v) is 6.01. The SMILES string of the molecule is CCCCCCCCCCCCCCCCNc1ncnc(Nc2ccc(F)cc2F)c1[N+](=O)[O-]. The van der Waals surface area contributed by atoms with E-state index in [2.05, 4.69) is 27.5 Å². The summed E-state index contributed by atoms with van der Waals surface area (Å²) in [7, 11) is 0. The highest BCUT2D eigenvalue weighted by Crippen LogP contribution is 2.32. The molecule has 0 spiro atoms. The molecule has 2 rings (SSSR count). The van der Waals surface area contributed by atoms with Gasteiger partial charge in [0.2, 0.25) is 11.6 Å². The Balaban J connectivity index is 1.65. The second-order valence-corrected chi connectivity index (χ2v) is 8.95. The van der Waals surface area contributed by atoms with Crippen LogP contribution in [0.4, 0.5) is 31.8 Å². The third kappa shape index (κ3) is 11.0. The summed E-state index contributed by atoms with van der Waals surface area (Å²) in [6, 6.07) is 2.93. The zero-order chi connectivity index (χ0) is 25.3. The number of nitro groups is 1. The molecule has 0 atom stereocenters. The average Bonchev–Trinajstić information content (AvgIpc) is 2.83. The molecule has 35 heavy (non-hydrogen) atoms. The van der Waals surface area contributed by atoms with Crippen LogP contribution in [-0.2, 0) is 0 Å². The monoisotopic (exact) mass is 491 g/mol. The van der Waals surface area contributed by atoms with Gasteiger partial charge >= 0.3 is 5.69 Å². The molecular formula is C26H39F2N5O2. The lowest BCUT2D eigenvalue weighted by atomic mass is 10.0. The lowest BCUT2D eigenvalue weighted by molar-refractivity contribution is -0.383. The lowest BCUT2D eigenvalue weighted by Gasteiger charge is -2.10. The van der Waals surface area contributed by atoms with E-state index in [1.165, 1.54) is 77.0 Å². The highest BCUT2D eigenvalue weighted by atomic mass is 19.1. The van der Waals surface area contributed by atoms with Crippen LogP contribution in [-0.4, -0.2) is 21.4 Å². The van der Waals surface area contributed by atoms with Crippen LogP contribution in [0, 0.1) is 21.7 Å². The van der Waals surface area contributed by atoms with Crippen LogP contribution in [0.25, 0.3) is 0 Å². The van der Waals surface area contributed by atoms with E-state index in [0.29, 0.717) is 12.6 Å². The summed E-state index contributed by atoms with van der Waals surface area (Å²) in [6.45, 7) is 2.79. The van der Waals surface area contributed by atoms with Gasteiger partial charge in [-0.25, -0.2) is 18.7 Å². The first-order valence-corrected chi connectivity index (χ1v) is 13.0. The van der Waals surface area contributed by atoms with E-state index >= 15 is 0 Å². The number of anilines is 3. The molecule has 0 saturated carbocycles. The van der Waals surface area contributed by atoms with Gasteiger partial charge in [0.05, 0.1) is 10.6 Å². The van der Waals surface area contributed by atoms with Crippen molar-refractivity contribution in [3.63, 3.8) is 0 Å². The van der Waals surface area contributed by atoms with Crippen molar-refractivity contribution in [1.82, 2.24) is 9.97 Å². The molecule has 2 aromatic rings. The maximum Gasteiger partial charge on any atom is 0.353 e. The number of halogens is 2. The van der Waals surface area contributed by atoms with Crippen molar-refractivity contribution >= 4 is 23.0 Å². The van der Waals surface area contributed by atoms with Crippen molar-refractivity contribution in [3.05, 3.63) is 46.3 Å². The van der Waals surface area contributed by atoms with Crippen LogP contribution < -0.4 is 10.6 Å². The van der Waals surface area contributed by atoms with Crippen LogP contribution in [0.5, 0.6) is 0 Å². The largest absolute Gasteiger partial charge is 0.364 e. The Morgan fingerprint density at radius 3 is 1.91 bits per heavy atom. The number of rotatable bonds is 19. The standard InChI is InChI=1S/C26H39F2N5O2/c1-2-3-4-5-6-7-8-9-10-11-12-13-14-15-18-29-25-24(33(34)35)26(31-20-30-25)32-23-17-16-21(27)19-22(23)28/h16-17,19-20H,2-15,18H2,1H3,(H2,29,30,31,32). The van der Waals surface area contributed by atoms with E-state index < -0.39 is 16.6 Å². The van der Waals surface area contributed by atoms with Gasteiger partial charge in [0.1, 0.15) is 18.0 Å². The van der Waals surface area contributed by atoms with E-state index in [4.69, 9.17) is 0 Å². The lowest BCUT2D eigenvalue weighted by Crippen LogP contribution is -2.09. The van der Waals surface area contributed by atoms with Crippen LogP contribution in [0.15, 0.2) is 24.5 Å². The van der Waals surface area contributed by atoms with Crippen molar-refractivity contribution in [3.8, 4) is 0 Å². The minimum Gasteiger partial charge on any atom is -0.364 e. The Labute approximate surface area is 207 Å². The van der Waals surface area contributed by atoms with Gasteiger partial charge in [0.25, 0.3) is 0 Å². The van der Waals surface area contributed by atoms with Gasteiger partial charge in [0, 0.05) is 12.6 Å². The normalized spacial score (nSPS) is 10.9. The fraction of sp³-hybridized carbons (Fsp3) is 0.615. The summed E-state index contributed by atoms with van der Waals surface area (Å²) in [5.41, 5.74) is -0.479. The smallest absolute Gasteiger partial charge is 0.353 e. The fourth-order valence-corrected chi connectivity index (χ4v) is 4.02. The van der Waals surface area contributed by atoms with E-state index in [9.17, 15) is 18.9 Å². The zero-order valence-corrected chi connectivity index (χ0v) is 20.8. The Hall–Kier alpha value is -2.84. The summed E-state index contributed by atoms with van der Waals surface area (Å²) in [4.78, 5) is 18.9. The topological polar surface area (TPSA) is 93.0 Å². The Morgan fingerprint density at radius 2 is 1.37 bits per heavy atom. The first kappa shape index (κ1) is 28.4. The van der Waals surface area contributed by atoms with E-state index in [-0.39, 0.29) is 23.0 Å². The second-order valence-electron chi connectivity index (χ2n) is 8.95. The number of nitrogens with one attached hydrogen (secondary N) is 2. The first-order valence-electron chi connectivity index (χ1n) is 13.0. The van der Waals surface area contributed by atoms with Crippen molar-refractivity contribution in [2.75, 3.05) is 17.2 Å². The number of nitrogens with zero attached hydrogens (tertiary/aromatic N) is 3. The fourth-order valence-electron chi connectivity index (χ4n) is 4.02. The molecule has 1 aromatic heterocycles. The molecule has 7 nitrogen and oxygen atoms in total. The van der Waals surface area contributed by atoms with E-state index in [1.54, 1.807) is 0 Å². The van der Waals surface area contributed by atoms with Crippen LogP contribution in [0.1, 0.15) is 96.8 Å². The molecule has 0 aliphatic carbocycles. The van der Waals surface area contributed by atoms with Crippen molar-refractivity contribution in [1.29, 1.82) is 0 Å². The van der Waals surface area contributed by atoms with Gasteiger partial charge in [-0.1, -0.05) is 90.4 Å².